The molecule has 0 atom stereocenters. The summed E-state index contributed by atoms with van der Waals surface area (Å²) >= 11 is 6.23. The van der Waals surface area contributed by atoms with Crippen molar-refractivity contribution in [3.63, 3.8) is 0 Å². The molecule has 0 saturated heterocycles. The number of carbonyl (C=O) groups is 3. The van der Waals surface area contributed by atoms with Gasteiger partial charge in [0.25, 0.3) is 5.91 Å². The number of allylic oxidation sites excluding steroid dienone is 1. The van der Waals surface area contributed by atoms with Crippen LogP contribution in [0.3, 0.4) is 0 Å². The van der Waals surface area contributed by atoms with Crippen molar-refractivity contribution >= 4 is 51.9 Å². The van der Waals surface area contributed by atoms with Crippen LogP contribution in [0.1, 0.15) is 65.7 Å². The Hall–Kier alpha value is -3.58. The molecule has 2 aliphatic carbocycles. The summed E-state index contributed by atoms with van der Waals surface area (Å²) in [5.41, 5.74) is 3.21. The number of esters is 1. The summed E-state index contributed by atoms with van der Waals surface area (Å²) in [5.74, 6) is -2.23. The number of hydrogen-bond donors (Lipinski definition) is 1. The number of hydrogen-bond acceptors (Lipinski definition) is 5. The van der Waals surface area contributed by atoms with Crippen LogP contribution in [0.2, 0.25) is 5.02 Å². The zero-order chi connectivity index (χ0) is 25.9. The summed E-state index contributed by atoms with van der Waals surface area (Å²) in [6.07, 6.45) is 7.29. The van der Waals surface area contributed by atoms with Gasteiger partial charge in [-0.3, -0.25) is 14.9 Å². The Balaban J connectivity index is 1.40. The van der Waals surface area contributed by atoms with Crippen molar-refractivity contribution in [2.24, 2.45) is 5.92 Å². The van der Waals surface area contributed by atoms with Crippen LogP contribution in [0, 0.1) is 11.7 Å². The molecule has 37 heavy (non-hydrogen) atoms. The highest BCUT2D eigenvalue weighted by Crippen LogP contribution is 2.38. The number of nitrogens with one attached hydrogen (secondary N) is 1. The zero-order valence-corrected chi connectivity index (χ0v) is 20.9. The van der Waals surface area contributed by atoms with Crippen LogP contribution in [0.25, 0.3) is 22.6 Å². The maximum absolute atomic E-state index is 14.4. The van der Waals surface area contributed by atoms with Crippen molar-refractivity contribution in [3.8, 4) is 0 Å². The van der Waals surface area contributed by atoms with Gasteiger partial charge in [0.15, 0.2) is 6.61 Å². The van der Waals surface area contributed by atoms with Gasteiger partial charge in [-0.15, -0.1) is 0 Å². The average molecular weight is 521 g/mol. The molecule has 190 valence electrons. The van der Waals surface area contributed by atoms with E-state index < -0.39 is 24.3 Å². The number of pyridine rings is 1. The van der Waals surface area contributed by atoms with E-state index in [4.69, 9.17) is 21.3 Å². The number of imide groups is 1. The fourth-order valence-electron chi connectivity index (χ4n) is 5.18. The molecule has 2 aliphatic rings. The Morgan fingerprint density at radius 3 is 2.62 bits per heavy atom. The van der Waals surface area contributed by atoms with E-state index in [1.54, 1.807) is 36.4 Å². The molecule has 1 heterocycles. The van der Waals surface area contributed by atoms with E-state index in [0.717, 1.165) is 37.7 Å². The van der Waals surface area contributed by atoms with Crippen LogP contribution in [0.5, 0.6) is 0 Å². The van der Waals surface area contributed by atoms with E-state index in [-0.39, 0.29) is 22.4 Å². The largest absolute Gasteiger partial charge is 0.452 e. The lowest BCUT2D eigenvalue weighted by atomic mass is 9.89. The van der Waals surface area contributed by atoms with Gasteiger partial charge in [0.1, 0.15) is 5.82 Å². The molecular weight excluding hydrogens is 495 g/mol. The van der Waals surface area contributed by atoms with Crippen molar-refractivity contribution in [1.82, 2.24) is 10.3 Å². The number of nitrogens with zero attached hydrogens (tertiary/aromatic N) is 1. The minimum Gasteiger partial charge on any atom is -0.452 e. The second kappa shape index (κ2) is 10.8. The maximum Gasteiger partial charge on any atom is 0.339 e. The summed E-state index contributed by atoms with van der Waals surface area (Å²) in [6.45, 7) is -0.559. The zero-order valence-electron chi connectivity index (χ0n) is 20.2. The van der Waals surface area contributed by atoms with Crippen LogP contribution in [0.15, 0.2) is 42.5 Å². The molecule has 8 heteroatoms. The molecule has 0 aliphatic heterocycles. The van der Waals surface area contributed by atoms with Gasteiger partial charge in [-0.05, 0) is 61.1 Å². The number of ether oxygens (including phenoxy) is 1. The minimum atomic E-state index is -0.666. The number of aromatic nitrogens is 1. The van der Waals surface area contributed by atoms with Gasteiger partial charge in [-0.1, -0.05) is 55.1 Å². The SMILES string of the molecule is O=C(COC(=O)c1c2c(nc3ccccc13)/C(=C/c1c(F)cccc1Cl)CC2)NC(=O)C1CCCCC1. The van der Waals surface area contributed by atoms with E-state index in [9.17, 15) is 18.8 Å². The summed E-state index contributed by atoms with van der Waals surface area (Å²) in [7, 11) is 0. The van der Waals surface area contributed by atoms with Crippen LogP contribution in [-0.4, -0.2) is 29.4 Å². The van der Waals surface area contributed by atoms with Crippen LogP contribution >= 0.6 is 11.6 Å². The topological polar surface area (TPSA) is 85.4 Å². The monoisotopic (exact) mass is 520 g/mol. The molecule has 1 fully saturated rings. The average Bonchev–Trinajstić information content (AvgIpc) is 3.30. The third-order valence-corrected chi connectivity index (χ3v) is 7.37. The first kappa shape index (κ1) is 25.1. The predicted octanol–water partition coefficient (Wildman–Crippen LogP) is 5.89. The summed E-state index contributed by atoms with van der Waals surface area (Å²) in [6, 6.07) is 11.7. The summed E-state index contributed by atoms with van der Waals surface area (Å²) in [4.78, 5) is 42.8. The molecule has 2 amide bonds. The molecular formula is C29H26ClFN2O4. The van der Waals surface area contributed by atoms with E-state index >= 15 is 0 Å². The first-order chi connectivity index (χ1) is 17.9. The lowest BCUT2D eigenvalue weighted by molar-refractivity contribution is -0.135. The quantitative estimate of drug-likeness (QED) is 0.424. The number of rotatable bonds is 5. The van der Waals surface area contributed by atoms with Gasteiger partial charge in [-0.2, -0.15) is 0 Å². The van der Waals surface area contributed by atoms with Crippen LogP contribution < -0.4 is 5.32 Å². The van der Waals surface area contributed by atoms with Crippen molar-refractivity contribution in [2.45, 2.75) is 44.9 Å². The van der Waals surface area contributed by atoms with E-state index in [0.29, 0.717) is 40.6 Å². The molecule has 0 radical (unpaired) electrons. The third-order valence-electron chi connectivity index (χ3n) is 7.04. The van der Waals surface area contributed by atoms with Gasteiger partial charge >= 0.3 is 5.97 Å². The molecule has 1 N–H and O–H groups in total. The molecule has 2 aromatic carbocycles. The lowest BCUT2D eigenvalue weighted by Gasteiger charge is -2.20. The lowest BCUT2D eigenvalue weighted by Crippen LogP contribution is -2.39. The van der Waals surface area contributed by atoms with Crippen molar-refractivity contribution in [3.05, 3.63) is 75.7 Å². The molecule has 3 aromatic rings. The van der Waals surface area contributed by atoms with Gasteiger partial charge in [-0.25, -0.2) is 14.2 Å². The second-order valence-electron chi connectivity index (χ2n) is 9.46. The van der Waals surface area contributed by atoms with Gasteiger partial charge in [0.2, 0.25) is 5.91 Å². The Morgan fingerprint density at radius 2 is 1.84 bits per heavy atom. The Kier molecular flexibility index (Phi) is 7.33. The fraction of sp³-hybridized carbons (Fsp3) is 0.310. The Bertz CT molecular complexity index is 1410. The highest BCUT2D eigenvalue weighted by molar-refractivity contribution is 6.32. The predicted molar refractivity (Wildman–Crippen MR) is 139 cm³/mol. The summed E-state index contributed by atoms with van der Waals surface area (Å²) in [5, 5.41) is 3.26. The van der Waals surface area contributed by atoms with Crippen LogP contribution in [0.4, 0.5) is 4.39 Å². The highest BCUT2D eigenvalue weighted by atomic mass is 35.5. The molecule has 1 aromatic heterocycles. The van der Waals surface area contributed by atoms with Gasteiger partial charge < -0.3 is 4.74 Å². The first-order valence-corrected chi connectivity index (χ1v) is 12.9. The maximum atomic E-state index is 14.4. The molecule has 1 saturated carbocycles. The van der Waals surface area contributed by atoms with Gasteiger partial charge in [0, 0.05) is 16.9 Å². The highest BCUT2D eigenvalue weighted by Gasteiger charge is 2.29. The van der Waals surface area contributed by atoms with Gasteiger partial charge in [0.05, 0.1) is 21.8 Å². The number of para-hydroxylation sites is 1. The Labute approximate surface area is 218 Å². The molecule has 0 spiro atoms. The number of fused-ring (bicyclic) bond motifs is 2. The number of benzene rings is 2. The van der Waals surface area contributed by atoms with Crippen molar-refractivity contribution in [2.75, 3.05) is 6.61 Å². The van der Waals surface area contributed by atoms with E-state index in [2.05, 4.69) is 5.32 Å². The molecule has 6 nitrogen and oxygen atoms in total. The molecule has 0 bridgehead atoms. The van der Waals surface area contributed by atoms with E-state index in [1.165, 1.54) is 6.07 Å². The van der Waals surface area contributed by atoms with E-state index in [1.807, 2.05) is 6.07 Å². The minimum absolute atomic E-state index is 0.172. The normalized spacial score (nSPS) is 16.5. The molecule has 5 rings (SSSR count). The first-order valence-electron chi connectivity index (χ1n) is 12.5. The molecule has 0 unspecified atom stereocenters. The fourth-order valence-corrected chi connectivity index (χ4v) is 5.40. The second-order valence-corrected chi connectivity index (χ2v) is 9.87. The number of carbonyl (C=O) groups excluding carboxylic acids is 3. The standard InChI is InChI=1S/C29H26ClFN2O4/c30-22-10-6-11-23(31)21(22)15-18-13-14-20-26(19-9-4-5-12-24(19)32-27(18)20)29(36)37-16-25(34)33-28(35)17-7-2-1-3-8-17/h4-6,9-12,15,17H,1-3,7-8,13-14,16H2,(H,33,34,35)/b18-15+. The Morgan fingerprint density at radius 1 is 1.05 bits per heavy atom. The van der Waals surface area contributed by atoms with Crippen molar-refractivity contribution < 1.29 is 23.5 Å². The van der Waals surface area contributed by atoms with Crippen LogP contribution in [-0.2, 0) is 20.7 Å². The number of amides is 2. The summed E-state index contributed by atoms with van der Waals surface area (Å²) < 4.78 is 19.8. The number of halogens is 2. The smallest absolute Gasteiger partial charge is 0.339 e. The third kappa shape index (κ3) is 5.27. The van der Waals surface area contributed by atoms with Crippen molar-refractivity contribution in [1.29, 1.82) is 0 Å².